The summed E-state index contributed by atoms with van der Waals surface area (Å²) in [5.41, 5.74) is 1.05. The van der Waals surface area contributed by atoms with Crippen molar-refractivity contribution in [3.8, 4) is 0 Å². The van der Waals surface area contributed by atoms with Gasteiger partial charge in [-0.05, 0) is 26.3 Å². The van der Waals surface area contributed by atoms with Gasteiger partial charge < -0.3 is 5.11 Å². The molecule has 0 amide bonds. The third-order valence-electron chi connectivity index (χ3n) is 3.16. The van der Waals surface area contributed by atoms with Gasteiger partial charge in [-0.1, -0.05) is 6.42 Å². The lowest BCUT2D eigenvalue weighted by Crippen LogP contribution is -2.40. The molecule has 1 aliphatic rings. The number of carboxylic acids is 1. The molecule has 0 aromatic carbocycles. The Hall–Kier alpha value is -0.940. The quantitative estimate of drug-likeness (QED) is 0.895. The molecule has 1 aliphatic heterocycles. The van der Waals surface area contributed by atoms with Crippen LogP contribution in [0.4, 0.5) is 0 Å². The van der Waals surface area contributed by atoms with E-state index in [1.54, 1.807) is 11.3 Å². The molecule has 17 heavy (non-hydrogen) atoms. The first kappa shape index (κ1) is 12.5. The van der Waals surface area contributed by atoms with E-state index >= 15 is 0 Å². The van der Waals surface area contributed by atoms with Gasteiger partial charge in [0.1, 0.15) is 5.01 Å². The number of hydrogen-bond acceptors (Lipinski definition) is 4. The third kappa shape index (κ3) is 3.51. The summed E-state index contributed by atoms with van der Waals surface area (Å²) in [6.07, 6.45) is 3.56. The van der Waals surface area contributed by atoms with E-state index in [1.807, 2.05) is 12.3 Å². The molecule has 1 saturated heterocycles. The van der Waals surface area contributed by atoms with Crippen molar-refractivity contribution >= 4 is 17.3 Å². The summed E-state index contributed by atoms with van der Waals surface area (Å²) in [6, 6.07) is 0.186. The van der Waals surface area contributed by atoms with E-state index < -0.39 is 5.97 Å². The lowest BCUT2D eigenvalue weighted by atomic mass is 9.99. The van der Waals surface area contributed by atoms with Gasteiger partial charge in [-0.3, -0.25) is 9.69 Å². The van der Waals surface area contributed by atoms with Gasteiger partial charge >= 0.3 is 5.97 Å². The van der Waals surface area contributed by atoms with E-state index in [4.69, 9.17) is 5.11 Å². The van der Waals surface area contributed by atoms with Crippen molar-refractivity contribution < 1.29 is 9.90 Å². The lowest BCUT2D eigenvalue weighted by molar-refractivity contribution is -0.138. The van der Waals surface area contributed by atoms with Gasteiger partial charge in [-0.15, -0.1) is 11.3 Å². The second-order valence-electron chi connectivity index (χ2n) is 4.60. The molecule has 1 aromatic heterocycles. The van der Waals surface area contributed by atoms with Crippen LogP contribution in [0, 0.1) is 6.92 Å². The van der Waals surface area contributed by atoms with Gasteiger partial charge in [-0.2, -0.15) is 0 Å². The number of rotatable bonds is 4. The Balaban J connectivity index is 1.98. The standard InChI is InChI=1S/C12H18N2O2S/c1-9-8-17-11(13-9)7-14-5-3-2-4-10(14)6-12(15)16/h8,10H,2-7H2,1H3,(H,15,16). The zero-order chi connectivity index (χ0) is 12.3. The second kappa shape index (κ2) is 5.60. The molecule has 0 radical (unpaired) electrons. The van der Waals surface area contributed by atoms with Crippen LogP contribution in [0.3, 0.4) is 0 Å². The van der Waals surface area contributed by atoms with Crippen LogP contribution in [0.25, 0.3) is 0 Å². The van der Waals surface area contributed by atoms with E-state index in [0.717, 1.165) is 36.6 Å². The van der Waals surface area contributed by atoms with Crippen molar-refractivity contribution in [3.05, 3.63) is 16.1 Å². The molecular formula is C12H18N2O2S. The summed E-state index contributed by atoms with van der Waals surface area (Å²) in [5.74, 6) is -0.697. The van der Waals surface area contributed by atoms with Crippen molar-refractivity contribution in [1.29, 1.82) is 0 Å². The first-order valence-corrected chi connectivity index (χ1v) is 6.90. The van der Waals surface area contributed by atoms with Crippen molar-refractivity contribution in [3.63, 3.8) is 0 Å². The number of carboxylic acid groups (broad SMARTS) is 1. The van der Waals surface area contributed by atoms with Gasteiger partial charge in [0.15, 0.2) is 0 Å². The Bertz CT molecular complexity index is 392. The van der Waals surface area contributed by atoms with E-state index in [1.165, 1.54) is 6.42 Å². The Morgan fingerprint density at radius 1 is 1.65 bits per heavy atom. The van der Waals surface area contributed by atoms with Crippen molar-refractivity contribution in [2.24, 2.45) is 0 Å². The van der Waals surface area contributed by atoms with Crippen LogP contribution in [0.1, 0.15) is 36.4 Å². The number of likely N-dealkylation sites (tertiary alicyclic amines) is 1. The van der Waals surface area contributed by atoms with Crippen LogP contribution in [-0.4, -0.2) is 33.5 Å². The molecule has 0 saturated carbocycles. The predicted octanol–water partition coefficient (Wildman–Crippen LogP) is 2.28. The average Bonchev–Trinajstić information content (AvgIpc) is 2.66. The molecule has 0 spiro atoms. The van der Waals surface area contributed by atoms with E-state index in [-0.39, 0.29) is 12.5 Å². The molecule has 2 heterocycles. The second-order valence-corrected chi connectivity index (χ2v) is 5.54. The molecule has 4 nitrogen and oxygen atoms in total. The van der Waals surface area contributed by atoms with E-state index in [0.29, 0.717) is 0 Å². The first-order chi connectivity index (χ1) is 8.15. The summed E-state index contributed by atoms with van der Waals surface area (Å²) in [4.78, 5) is 17.6. The zero-order valence-corrected chi connectivity index (χ0v) is 10.9. The van der Waals surface area contributed by atoms with Gasteiger partial charge in [0, 0.05) is 17.1 Å². The minimum absolute atomic E-state index is 0.186. The normalized spacial score (nSPS) is 21.6. The number of aromatic nitrogens is 1. The summed E-state index contributed by atoms with van der Waals surface area (Å²) in [6.45, 7) is 3.79. The highest BCUT2D eigenvalue weighted by atomic mass is 32.1. The summed E-state index contributed by atoms with van der Waals surface area (Å²) >= 11 is 1.66. The summed E-state index contributed by atoms with van der Waals surface area (Å²) in [7, 11) is 0. The minimum atomic E-state index is -0.697. The molecule has 2 rings (SSSR count). The molecule has 1 N–H and O–H groups in total. The van der Waals surface area contributed by atoms with Crippen LogP contribution in [0.15, 0.2) is 5.38 Å². The number of hydrogen-bond donors (Lipinski definition) is 1. The van der Waals surface area contributed by atoms with E-state index in [9.17, 15) is 4.79 Å². The number of aryl methyl sites for hydroxylation is 1. The van der Waals surface area contributed by atoms with Gasteiger partial charge in [0.2, 0.25) is 0 Å². The maximum Gasteiger partial charge on any atom is 0.304 e. The smallest absolute Gasteiger partial charge is 0.304 e. The lowest BCUT2D eigenvalue weighted by Gasteiger charge is -2.34. The maximum absolute atomic E-state index is 10.8. The number of nitrogens with zero attached hydrogens (tertiary/aromatic N) is 2. The summed E-state index contributed by atoms with van der Waals surface area (Å²) < 4.78 is 0. The number of aliphatic carboxylic acids is 1. The number of piperidine rings is 1. The molecule has 5 heteroatoms. The highest BCUT2D eigenvalue weighted by molar-refractivity contribution is 7.09. The molecule has 1 aromatic rings. The SMILES string of the molecule is Cc1csc(CN2CCCCC2CC(=O)O)n1. The molecule has 1 atom stereocenters. The highest BCUT2D eigenvalue weighted by Gasteiger charge is 2.25. The van der Waals surface area contributed by atoms with E-state index in [2.05, 4.69) is 9.88 Å². The molecule has 0 aliphatic carbocycles. The van der Waals surface area contributed by atoms with Crippen LogP contribution >= 0.6 is 11.3 Å². The molecule has 0 bridgehead atoms. The largest absolute Gasteiger partial charge is 0.481 e. The minimum Gasteiger partial charge on any atom is -0.481 e. The number of carbonyl (C=O) groups is 1. The molecule has 1 unspecified atom stereocenters. The summed E-state index contributed by atoms with van der Waals surface area (Å²) in [5, 5.41) is 12.1. The van der Waals surface area contributed by atoms with Crippen molar-refractivity contribution in [1.82, 2.24) is 9.88 Å². The molecule has 1 fully saturated rings. The monoisotopic (exact) mass is 254 g/mol. The Morgan fingerprint density at radius 2 is 2.47 bits per heavy atom. The Kier molecular flexibility index (Phi) is 4.12. The number of thiazole rings is 1. The predicted molar refractivity (Wildman–Crippen MR) is 67.2 cm³/mol. The topological polar surface area (TPSA) is 53.4 Å². The Labute approximate surface area is 105 Å². The molecule has 94 valence electrons. The van der Waals surface area contributed by atoms with Crippen LogP contribution < -0.4 is 0 Å². The zero-order valence-electron chi connectivity index (χ0n) is 10.1. The molecular weight excluding hydrogens is 236 g/mol. The fourth-order valence-corrected chi connectivity index (χ4v) is 3.15. The Morgan fingerprint density at radius 3 is 3.12 bits per heavy atom. The van der Waals surface area contributed by atoms with Crippen molar-refractivity contribution in [2.45, 2.75) is 45.2 Å². The third-order valence-corrected chi connectivity index (χ3v) is 4.12. The van der Waals surface area contributed by atoms with Crippen LogP contribution in [-0.2, 0) is 11.3 Å². The average molecular weight is 254 g/mol. The maximum atomic E-state index is 10.8. The fraction of sp³-hybridized carbons (Fsp3) is 0.667. The van der Waals surface area contributed by atoms with Gasteiger partial charge in [0.25, 0.3) is 0 Å². The first-order valence-electron chi connectivity index (χ1n) is 6.02. The van der Waals surface area contributed by atoms with Crippen LogP contribution in [0.2, 0.25) is 0 Å². The van der Waals surface area contributed by atoms with Gasteiger partial charge in [-0.25, -0.2) is 4.98 Å². The fourth-order valence-electron chi connectivity index (χ4n) is 2.35. The van der Waals surface area contributed by atoms with Gasteiger partial charge in [0.05, 0.1) is 13.0 Å². The highest BCUT2D eigenvalue weighted by Crippen LogP contribution is 2.23. The van der Waals surface area contributed by atoms with Crippen LogP contribution in [0.5, 0.6) is 0 Å². The van der Waals surface area contributed by atoms with Crippen molar-refractivity contribution in [2.75, 3.05) is 6.54 Å².